The van der Waals surface area contributed by atoms with Crippen molar-refractivity contribution in [3.05, 3.63) is 28.7 Å². The van der Waals surface area contributed by atoms with Gasteiger partial charge in [0.05, 0.1) is 18.1 Å². The number of carbonyl (C=O) groups excluding carboxylic acids is 1. The third-order valence-electron chi connectivity index (χ3n) is 5.15. The fraction of sp³-hybridized carbons (Fsp3) is 0.529. The van der Waals surface area contributed by atoms with E-state index < -0.39 is 0 Å². The molecule has 24 heavy (non-hydrogen) atoms. The van der Waals surface area contributed by atoms with Gasteiger partial charge in [-0.1, -0.05) is 0 Å². The molecule has 1 aromatic heterocycles. The molecule has 130 valence electrons. The monoisotopic (exact) mass is 332 g/mol. The van der Waals surface area contributed by atoms with E-state index >= 15 is 0 Å². The summed E-state index contributed by atoms with van der Waals surface area (Å²) in [5, 5.41) is 0. The zero-order chi connectivity index (χ0) is 17.3. The maximum absolute atomic E-state index is 12.6. The molecule has 0 aliphatic heterocycles. The van der Waals surface area contributed by atoms with E-state index in [-0.39, 0.29) is 17.5 Å². The molecule has 0 saturated heterocycles. The molecular weight excluding hydrogens is 308 g/mol. The summed E-state index contributed by atoms with van der Waals surface area (Å²) in [4.78, 5) is 24.2. The number of amides is 1. The van der Waals surface area contributed by atoms with Gasteiger partial charge in [0.2, 0.25) is 5.91 Å². The van der Waals surface area contributed by atoms with Gasteiger partial charge in [0.1, 0.15) is 5.75 Å². The van der Waals surface area contributed by atoms with Crippen molar-refractivity contribution in [1.29, 1.82) is 0 Å². The van der Waals surface area contributed by atoms with E-state index in [9.17, 15) is 9.59 Å². The molecule has 1 aliphatic rings. The number of hydrazine groups is 1. The van der Waals surface area contributed by atoms with Crippen LogP contribution in [0, 0.1) is 11.8 Å². The summed E-state index contributed by atoms with van der Waals surface area (Å²) in [5.74, 6) is 6.26. The number of carbonyl (C=O) groups is 1. The lowest BCUT2D eigenvalue weighted by atomic mass is 9.81. The number of rotatable bonds is 4. The quantitative estimate of drug-likeness (QED) is 0.499. The maximum Gasteiger partial charge on any atom is 0.328 e. The smallest absolute Gasteiger partial charge is 0.328 e. The lowest BCUT2D eigenvalue weighted by Gasteiger charge is -2.27. The van der Waals surface area contributed by atoms with Crippen LogP contribution in [0.2, 0.25) is 0 Å². The van der Waals surface area contributed by atoms with E-state index in [4.69, 9.17) is 10.6 Å². The summed E-state index contributed by atoms with van der Waals surface area (Å²) >= 11 is 0. The van der Waals surface area contributed by atoms with Crippen LogP contribution in [0.25, 0.3) is 11.0 Å². The minimum Gasteiger partial charge on any atom is -0.497 e. The number of aryl methyl sites for hydroxylation is 1. The van der Waals surface area contributed by atoms with Gasteiger partial charge in [-0.15, -0.1) is 0 Å². The first-order valence-corrected chi connectivity index (χ1v) is 8.29. The maximum atomic E-state index is 12.6. The SMILES string of the molecule is COc1ccc2c(c1)n(CC1CCC(C(=O)NN)CC1)c(=O)n2C. The highest BCUT2D eigenvalue weighted by Gasteiger charge is 2.27. The zero-order valence-corrected chi connectivity index (χ0v) is 14.1. The Labute approximate surface area is 140 Å². The van der Waals surface area contributed by atoms with Crippen molar-refractivity contribution in [3.63, 3.8) is 0 Å². The molecule has 3 N–H and O–H groups in total. The zero-order valence-electron chi connectivity index (χ0n) is 14.1. The molecule has 1 heterocycles. The first-order chi connectivity index (χ1) is 11.5. The minimum atomic E-state index is -0.0829. The first-order valence-electron chi connectivity index (χ1n) is 8.29. The van der Waals surface area contributed by atoms with Crippen molar-refractivity contribution in [2.24, 2.45) is 24.7 Å². The number of nitrogens with zero attached hydrogens (tertiary/aromatic N) is 2. The average molecular weight is 332 g/mol. The fourth-order valence-electron chi connectivity index (χ4n) is 3.68. The van der Waals surface area contributed by atoms with Gasteiger partial charge in [-0.05, 0) is 43.7 Å². The van der Waals surface area contributed by atoms with E-state index in [1.54, 1.807) is 18.7 Å². The standard InChI is InChI=1S/C17H24N4O3/c1-20-14-8-7-13(24-2)9-15(14)21(17(20)23)10-11-3-5-12(6-4-11)16(22)19-18/h7-9,11-12H,3-6,10,18H2,1-2H3,(H,19,22). The molecule has 0 radical (unpaired) electrons. The van der Waals surface area contributed by atoms with Gasteiger partial charge in [0.25, 0.3) is 0 Å². The molecular formula is C17H24N4O3. The van der Waals surface area contributed by atoms with Crippen LogP contribution in [0.5, 0.6) is 5.75 Å². The predicted molar refractivity (Wildman–Crippen MR) is 91.5 cm³/mol. The van der Waals surface area contributed by atoms with Crippen LogP contribution < -0.4 is 21.7 Å². The number of nitrogens with one attached hydrogen (secondary N) is 1. The molecule has 0 spiro atoms. The third kappa shape index (κ3) is 2.91. The molecule has 1 aliphatic carbocycles. The lowest BCUT2D eigenvalue weighted by Crippen LogP contribution is -2.38. The number of imidazole rings is 1. The summed E-state index contributed by atoms with van der Waals surface area (Å²) in [7, 11) is 3.41. The van der Waals surface area contributed by atoms with Gasteiger partial charge in [-0.25, -0.2) is 10.6 Å². The van der Waals surface area contributed by atoms with E-state index in [2.05, 4.69) is 5.43 Å². The van der Waals surface area contributed by atoms with Crippen LogP contribution in [0.3, 0.4) is 0 Å². The number of nitrogens with two attached hydrogens (primary N) is 1. The van der Waals surface area contributed by atoms with Crippen LogP contribution in [0.15, 0.2) is 23.0 Å². The molecule has 1 fully saturated rings. The Bertz CT molecular complexity index is 800. The Morgan fingerprint density at radius 2 is 2.00 bits per heavy atom. The van der Waals surface area contributed by atoms with Gasteiger partial charge in [0, 0.05) is 25.6 Å². The topological polar surface area (TPSA) is 91.3 Å². The van der Waals surface area contributed by atoms with Crippen molar-refractivity contribution >= 4 is 16.9 Å². The molecule has 3 rings (SSSR count). The molecule has 2 aromatic rings. The molecule has 0 bridgehead atoms. The Hall–Kier alpha value is -2.28. The summed E-state index contributed by atoms with van der Waals surface area (Å²) in [6.45, 7) is 0.667. The number of benzene rings is 1. The highest BCUT2D eigenvalue weighted by Crippen LogP contribution is 2.30. The number of ether oxygens (including phenoxy) is 1. The van der Waals surface area contributed by atoms with Crippen molar-refractivity contribution in [2.75, 3.05) is 7.11 Å². The van der Waals surface area contributed by atoms with E-state index in [1.807, 2.05) is 22.8 Å². The molecule has 1 amide bonds. The van der Waals surface area contributed by atoms with Crippen LogP contribution in [-0.2, 0) is 18.4 Å². The number of fused-ring (bicyclic) bond motifs is 1. The van der Waals surface area contributed by atoms with Crippen molar-refractivity contribution in [1.82, 2.24) is 14.6 Å². The normalized spacial score (nSPS) is 21.0. The number of aromatic nitrogens is 2. The van der Waals surface area contributed by atoms with Crippen LogP contribution in [-0.4, -0.2) is 22.2 Å². The van der Waals surface area contributed by atoms with Crippen LogP contribution in [0.4, 0.5) is 0 Å². The second-order valence-corrected chi connectivity index (χ2v) is 6.53. The number of hydrogen-bond donors (Lipinski definition) is 2. The fourth-order valence-corrected chi connectivity index (χ4v) is 3.68. The number of hydrogen-bond acceptors (Lipinski definition) is 4. The van der Waals surface area contributed by atoms with Crippen molar-refractivity contribution < 1.29 is 9.53 Å². The van der Waals surface area contributed by atoms with Crippen LogP contribution in [0.1, 0.15) is 25.7 Å². The largest absolute Gasteiger partial charge is 0.497 e. The second kappa shape index (κ2) is 6.68. The summed E-state index contributed by atoms with van der Waals surface area (Å²) in [6, 6.07) is 5.68. The molecule has 1 aromatic carbocycles. The van der Waals surface area contributed by atoms with Gasteiger partial charge in [-0.3, -0.25) is 19.4 Å². The molecule has 0 atom stereocenters. The summed E-state index contributed by atoms with van der Waals surface area (Å²) < 4.78 is 8.78. The lowest BCUT2D eigenvalue weighted by molar-refractivity contribution is -0.126. The minimum absolute atomic E-state index is 0.00409. The Morgan fingerprint density at radius 1 is 1.29 bits per heavy atom. The van der Waals surface area contributed by atoms with E-state index in [1.165, 1.54) is 0 Å². The molecule has 0 unspecified atom stereocenters. The van der Waals surface area contributed by atoms with E-state index in [0.717, 1.165) is 42.5 Å². The summed E-state index contributed by atoms with van der Waals surface area (Å²) in [5.41, 5.74) is 4.02. The number of methoxy groups -OCH3 is 1. The van der Waals surface area contributed by atoms with Crippen molar-refractivity contribution in [2.45, 2.75) is 32.2 Å². The van der Waals surface area contributed by atoms with Gasteiger partial charge < -0.3 is 4.74 Å². The highest BCUT2D eigenvalue weighted by molar-refractivity contribution is 5.78. The van der Waals surface area contributed by atoms with Gasteiger partial charge >= 0.3 is 5.69 Å². The first kappa shape index (κ1) is 16.6. The van der Waals surface area contributed by atoms with Crippen LogP contribution >= 0.6 is 0 Å². The third-order valence-corrected chi connectivity index (χ3v) is 5.15. The Morgan fingerprint density at radius 3 is 2.62 bits per heavy atom. The average Bonchev–Trinajstić information content (AvgIpc) is 2.86. The Kier molecular flexibility index (Phi) is 4.62. The molecule has 7 nitrogen and oxygen atoms in total. The van der Waals surface area contributed by atoms with E-state index in [0.29, 0.717) is 12.5 Å². The second-order valence-electron chi connectivity index (χ2n) is 6.53. The van der Waals surface area contributed by atoms with Crippen molar-refractivity contribution in [3.8, 4) is 5.75 Å². The molecule has 7 heteroatoms. The highest BCUT2D eigenvalue weighted by atomic mass is 16.5. The predicted octanol–water partition coefficient (Wildman–Crippen LogP) is 1.14. The molecule has 1 saturated carbocycles. The van der Waals surface area contributed by atoms with Gasteiger partial charge in [0.15, 0.2) is 0 Å². The Balaban J connectivity index is 1.82. The van der Waals surface area contributed by atoms with Gasteiger partial charge in [-0.2, -0.15) is 0 Å². The summed E-state index contributed by atoms with van der Waals surface area (Å²) in [6.07, 6.45) is 3.48.